The molecule has 0 bridgehead atoms. The Labute approximate surface area is 174 Å². The first-order valence-electron chi connectivity index (χ1n) is 9.16. The van der Waals surface area contributed by atoms with Gasteiger partial charge in [0, 0.05) is 0 Å². The smallest absolute Gasteiger partial charge is 0.262 e. The topological polar surface area (TPSA) is 67.4 Å². The van der Waals surface area contributed by atoms with Gasteiger partial charge in [0.1, 0.15) is 5.75 Å². The minimum Gasteiger partial charge on any atom is -0.482 e. The molecule has 0 radical (unpaired) electrons. The minimum atomic E-state index is -0.388. The van der Waals surface area contributed by atoms with Crippen molar-refractivity contribution in [3.05, 3.63) is 95.0 Å². The summed E-state index contributed by atoms with van der Waals surface area (Å²) in [6.07, 6.45) is 0. The number of benzene rings is 3. The zero-order valence-corrected chi connectivity index (χ0v) is 16.6. The van der Waals surface area contributed by atoms with Crippen molar-refractivity contribution in [3.63, 3.8) is 0 Å². The second-order valence-corrected chi connectivity index (χ2v) is 6.83. The Morgan fingerprint density at radius 3 is 2.34 bits per heavy atom. The zero-order valence-electron chi connectivity index (χ0n) is 15.9. The van der Waals surface area contributed by atoms with E-state index in [4.69, 9.17) is 16.3 Å². The summed E-state index contributed by atoms with van der Waals surface area (Å²) in [5, 5.41) is 6.10. The van der Waals surface area contributed by atoms with Gasteiger partial charge in [-0.15, -0.1) is 0 Å². The number of rotatable bonds is 7. The average molecular weight is 409 g/mol. The molecular formula is C23H21ClN2O3. The Balaban J connectivity index is 1.64. The van der Waals surface area contributed by atoms with Crippen molar-refractivity contribution in [2.75, 3.05) is 11.9 Å². The number of anilines is 1. The lowest BCUT2D eigenvalue weighted by Crippen LogP contribution is -2.28. The third-order valence-electron chi connectivity index (χ3n) is 4.29. The summed E-state index contributed by atoms with van der Waals surface area (Å²) >= 11 is 6.02. The van der Waals surface area contributed by atoms with Crippen LogP contribution in [-0.2, 0) is 4.79 Å². The fourth-order valence-corrected chi connectivity index (χ4v) is 2.97. The third-order valence-corrected chi connectivity index (χ3v) is 4.60. The number of hydrogen-bond acceptors (Lipinski definition) is 3. The Bertz CT molecular complexity index is 992. The lowest BCUT2D eigenvalue weighted by atomic mass is 10.1. The van der Waals surface area contributed by atoms with Crippen LogP contribution in [-0.4, -0.2) is 18.4 Å². The molecule has 3 aromatic carbocycles. The molecule has 1 atom stereocenters. The zero-order chi connectivity index (χ0) is 20.6. The van der Waals surface area contributed by atoms with E-state index >= 15 is 0 Å². The normalized spacial score (nSPS) is 11.4. The second kappa shape index (κ2) is 9.75. The van der Waals surface area contributed by atoms with Gasteiger partial charge in [0.15, 0.2) is 6.61 Å². The van der Waals surface area contributed by atoms with Crippen molar-refractivity contribution in [2.24, 2.45) is 0 Å². The number of carbonyl (C=O) groups is 2. The lowest BCUT2D eigenvalue weighted by molar-refractivity contribution is -0.118. The first kappa shape index (κ1) is 20.4. The van der Waals surface area contributed by atoms with E-state index in [2.05, 4.69) is 10.6 Å². The monoisotopic (exact) mass is 408 g/mol. The molecule has 0 aliphatic rings. The molecule has 148 valence electrons. The molecule has 0 fully saturated rings. The van der Waals surface area contributed by atoms with Crippen LogP contribution in [0.2, 0.25) is 5.02 Å². The first-order chi connectivity index (χ1) is 14.0. The molecule has 2 amide bonds. The Hall–Kier alpha value is -3.31. The number of halogens is 1. The van der Waals surface area contributed by atoms with Crippen molar-refractivity contribution in [1.29, 1.82) is 0 Å². The van der Waals surface area contributed by atoms with Gasteiger partial charge in [-0.25, -0.2) is 0 Å². The Kier molecular flexibility index (Phi) is 6.87. The van der Waals surface area contributed by atoms with E-state index < -0.39 is 0 Å². The van der Waals surface area contributed by atoms with E-state index in [9.17, 15) is 9.59 Å². The predicted octanol–water partition coefficient (Wildman–Crippen LogP) is 4.85. The van der Waals surface area contributed by atoms with Crippen LogP contribution in [0.1, 0.15) is 28.9 Å². The fourth-order valence-electron chi connectivity index (χ4n) is 2.78. The summed E-state index contributed by atoms with van der Waals surface area (Å²) in [6, 6.07) is 23.3. The van der Waals surface area contributed by atoms with Gasteiger partial charge in [-0.1, -0.05) is 66.2 Å². The Morgan fingerprint density at radius 2 is 1.59 bits per heavy atom. The molecule has 3 rings (SSSR count). The predicted molar refractivity (Wildman–Crippen MR) is 114 cm³/mol. The number of ether oxygens (including phenoxy) is 1. The highest BCUT2D eigenvalue weighted by Gasteiger charge is 2.16. The van der Waals surface area contributed by atoms with Crippen molar-refractivity contribution in [1.82, 2.24) is 5.32 Å². The van der Waals surface area contributed by atoms with Crippen molar-refractivity contribution in [2.45, 2.75) is 13.0 Å². The maximum Gasteiger partial charge on any atom is 0.262 e. The number of hydrogen-bond donors (Lipinski definition) is 2. The molecule has 0 aromatic heterocycles. The fraction of sp³-hybridized carbons (Fsp3) is 0.130. The van der Waals surface area contributed by atoms with Crippen LogP contribution in [0.15, 0.2) is 78.9 Å². The van der Waals surface area contributed by atoms with Crippen LogP contribution in [0.3, 0.4) is 0 Å². The van der Waals surface area contributed by atoms with Crippen LogP contribution in [0, 0.1) is 0 Å². The maximum absolute atomic E-state index is 12.7. The second-order valence-electron chi connectivity index (χ2n) is 6.42. The number of para-hydroxylation sites is 2. The SMILES string of the molecule is C[C@@H](NC(=O)c1ccccc1NC(=O)COc1ccccc1Cl)c1ccccc1. The van der Waals surface area contributed by atoms with E-state index in [-0.39, 0.29) is 24.5 Å². The summed E-state index contributed by atoms with van der Waals surface area (Å²) in [5.74, 6) is -0.238. The standard InChI is InChI=1S/C23H21ClN2O3/c1-16(17-9-3-2-4-10-17)25-23(28)18-11-5-7-13-20(18)26-22(27)15-29-21-14-8-6-12-19(21)24/h2-14,16H,15H2,1H3,(H,25,28)(H,26,27)/t16-/m1/s1. The summed E-state index contributed by atoms with van der Waals surface area (Å²) < 4.78 is 5.45. The lowest BCUT2D eigenvalue weighted by Gasteiger charge is -2.16. The van der Waals surface area contributed by atoms with Crippen molar-refractivity contribution >= 4 is 29.1 Å². The van der Waals surface area contributed by atoms with E-state index in [1.807, 2.05) is 37.3 Å². The maximum atomic E-state index is 12.7. The van der Waals surface area contributed by atoms with Gasteiger partial charge in [-0.2, -0.15) is 0 Å². The summed E-state index contributed by atoms with van der Waals surface area (Å²) in [6.45, 7) is 1.69. The highest BCUT2D eigenvalue weighted by molar-refractivity contribution is 6.32. The molecule has 2 N–H and O–H groups in total. The summed E-state index contributed by atoms with van der Waals surface area (Å²) in [7, 11) is 0. The van der Waals surface area contributed by atoms with Crippen LogP contribution < -0.4 is 15.4 Å². The van der Waals surface area contributed by atoms with Gasteiger partial charge in [-0.05, 0) is 36.8 Å². The number of nitrogens with one attached hydrogen (secondary N) is 2. The molecule has 0 unspecified atom stereocenters. The van der Waals surface area contributed by atoms with Gasteiger partial charge >= 0.3 is 0 Å². The van der Waals surface area contributed by atoms with E-state index in [1.54, 1.807) is 48.5 Å². The van der Waals surface area contributed by atoms with E-state index in [0.717, 1.165) is 5.56 Å². The van der Waals surface area contributed by atoms with Crippen molar-refractivity contribution < 1.29 is 14.3 Å². The van der Waals surface area contributed by atoms with Crippen LogP contribution in [0.4, 0.5) is 5.69 Å². The third kappa shape index (κ3) is 5.59. The van der Waals surface area contributed by atoms with E-state index in [1.165, 1.54) is 0 Å². The van der Waals surface area contributed by atoms with E-state index in [0.29, 0.717) is 22.0 Å². The molecular weight excluding hydrogens is 388 g/mol. The highest BCUT2D eigenvalue weighted by Crippen LogP contribution is 2.23. The molecule has 0 aliphatic heterocycles. The van der Waals surface area contributed by atoms with Gasteiger partial charge in [0.25, 0.3) is 11.8 Å². The number of amides is 2. The minimum absolute atomic E-state index is 0.170. The van der Waals surface area contributed by atoms with Gasteiger partial charge in [0.2, 0.25) is 0 Å². The van der Waals surface area contributed by atoms with Gasteiger partial charge < -0.3 is 15.4 Å². The largest absolute Gasteiger partial charge is 0.482 e. The summed E-state index contributed by atoms with van der Waals surface area (Å²) in [5.41, 5.74) is 1.79. The Morgan fingerprint density at radius 1 is 0.931 bits per heavy atom. The highest BCUT2D eigenvalue weighted by atomic mass is 35.5. The number of carbonyl (C=O) groups excluding carboxylic acids is 2. The molecule has 0 aliphatic carbocycles. The summed E-state index contributed by atoms with van der Waals surface area (Å²) in [4.78, 5) is 25.0. The van der Waals surface area contributed by atoms with Crippen molar-refractivity contribution in [3.8, 4) is 5.75 Å². The molecule has 3 aromatic rings. The molecule has 29 heavy (non-hydrogen) atoms. The average Bonchev–Trinajstić information content (AvgIpc) is 2.74. The molecule has 6 heteroatoms. The molecule has 0 saturated carbocycles. The quantitative estimate of drug-likeness (QED) is 0.587. The first-order valence-corrected chi connectivity index (χ1v) is 9.54. The molecule has 0 spiro atoms. The van der Waals surface area contributed by atoms with Crippen LogP contribution in [0.5, 0.6) is 5.75 Å². The molecule has 5 nitrogen and oxygen atoms in total. The van der Waals surface area contributed by atoms with Gasteiger partial charge in [0.05, 0.1) is 22.3 Å². The molecule has 0 heterocycles. The van der Waals surface area contributed by atoms with Crippen LogP contribution in [0.25, 0.3) is 0 Å². The molecule has 0 saturated heterocycles. The van der Waals surface area contributed by atoms with Gasteiger partial charge in [-0.3, -0.25) is 9.59 Å². The van der Waals surface area contributed by atoms with Crippen LogP contribution >= 0.6 is 11.6 Å².